The summed E-state index contributed by atoms with van der Waals surface area (Å²) < 4.78 is 2.14. The van der Waals surface area contributed by atoms with Gasteiger partial charge in [0.25, 0.3) is 0 Å². The lowest BCUT2D eigenvalue weighted by atomic mass is 9.87. The molecule has 1 aliphatic carbocycles. The Hall–Kier alpha value is -0.500. The van der Waals surface area contributed by atoms with Crippen LogP contribution in [0.1, 0.15) is 50.6 Å². The second-order valence-electron chi connectivity index (χ2n) is 4.03. The van der Waals surface area contributed by atoms with Gasteiger partial charge in [-0.2, -0.15) is 0 Å². The fourth-order valence-electron chi connectivity index (χ4n) is 2.40. The Morgan fingerprint density at radius 1 is 1.43 bits per heavy atom. The van der Waals surface area contributed by atoms with Gasteiger partial charge in [0.2, 0.25) is 5.28 Å². The molecule has 0 bridgehead atoms. The molecule has 0 saturated heterocycles. The largest absolute Gasteiger partial charge is 0.319 e. The van der Waals surface area contributed by atoms with E-state index in [1.165, 1.54) is 37.8 Å². The van der Waals surface area contributed by atoms with Crippen LogP contribution in [0.15, 0.2) is 6.20 Å². The summed E-state index contributed by atoms with van der Waals surface area (Å²) in [6.45, 7) is 3.06. The van der Waals surface area contributed by atoms with E-state index in [1.807, 2.05) is 6.20 Å². The first-order valence-electron chi connectivity index (χ1n) is 5.54. The minimum absolute atomic E-state index is 0.646. The average Bonchev–Trinajstić information content (AvgIpc) is 2.61. The first-order chi connectivity index (χ1) is 6.83. The van der Waals surface area contributed by atoms with Crippen LogP contribution in [0.25, 0.3) is 0 Å². The molecule has 0 spiro atoms. The lowest BCUT2D eigenvalue weighted by Gasteiger charge is -2.22. The summed E-state index contributed by atoms with van der Waals surface area (Å²) in [4.78, 5) is 4.19. The molecular weight excluding hydrogens is 196 g/mol. The third-order valence-electron chi connectivity index (χ3n) is 3.18. The van der Waals surface area contributed by atoms with Gasteiger partial charge in [0.1, 0.15) is 0 Å². The van der Waals surface area contributed by atoms with Crippen molar-refractivity contribution in [2.75, 3.05) is 0 Å². The van der Waals surface area contributed by atoms with Crippen molar-refractivity contribution < 1.29 is 0 Å². The molecule has 2 rings (SSSR count). The zero-order valence-corrected chi connectivity index (χ0v) is 9.43. The SMILES string of the molecule is CCn1c(C2CCCCC2)cnc1Cl. The molecular formula is C11H17ClN2. The molecule has 2 nitrogen and oxygen atoms in total. The zero-order valence-electron chi connectivity index (χ0n) is 8.67. The van der Waals surface area contributed by atoms with Crippen molar-refractivity contribution in [3.63, 3.8) is 0 Å². The van der Waals surface area contributed by atoms with Crippen molar-refractivity contribution in [3.8, 4) is 0 Å². The van der Waals surface area contributed by atoms with Crippen molar-refractivity contribution in [2.24, 2.45) is 0 Å². The molecule has 0 aromatic carbocycles. The highest BCUT2D eigenvalue weighted by atomic mass is 35.5. The van der Waals surface area contributed by atoms with E-state index < -0.39 is 0 Å². The second-order valence-corrected chi connectivity index (χ2v) is 4.37. The molecule has 0 radical (unpaired) electrons. The van der Waals surface area contributed by atoms with Gasteiger partial charge >= 0.3 is 0 Å². The van der Waals surface area contributed by atoms with E-state index in [-0.39, 0.29) is 0 Å². The molecule has 1 fully saturated rings. The van der Waals surface area contributed by atoms with Crippen LogP contribution in [-0.4, -0.2) is 9.55 Å². The van der Waals surface area contributed by atoms with Crippen LogP contribution in [0, 0.1) is 0 Å². The van der Waals surface area contributed by atoms with E-state index in [2.05, 4.69) is 16.5 Å². The van der Waals surface area contributed by atoms with Gasteiger partial charge in [-0.3, -0.25) is 0 Å². The highest BCUT2D eigenvalue weighted by Gasteiger charge is 2.19. The minimum atomic E-state index is 0.646. The number of hydrogen-bond donors (Lipinski definition) is 0. The molecule has 78 valence electrons. The first kappa shape index (κ1) is 10.0. The first-order valence-corrected chi connectivity index (χ1v) is 5.91. The van der Waals surface area contributed by atoms with Gasteiger partial charge in [0.05, 0.1) is 6.20 Å². The normalized spacial score (nSPS) is 18.7. The third-order valence-corrected chi connectivity index (χ3v) is 3.48. The summed E-state index contributed by atoms with van der Waals surface area (Å²) in [6, 6.07) is 0. The summed E-state index contributed by atoms with van der Waals surface area (Å²) in [5, 5.41) is 0.646. The molecule has 0 unspecified atom stereocenters. The number of rotatable bonds is 2. The Labute approximate surface area is 90.3 Å². The zero-order chi connectivity index (χ0) is 9.97. The van der Waals surface area contributed by atoms with Gasteiger partial charge in [0, 0.05) is 18.2 Å². The Kier molecular flexibility index (Phi) is 3.12. The minimum Gasteiger partial charge on any atom is -0.319 e. The highest BCUT2D eigenvalue weighted by Crippen LogP contribution is 2.33. The van der Waals surface area contributed by atoms with Gasteiger partial charge in [0.15, 0.2) is 0 Å². The molecule has 0 aliphatic heterocycles. The molecule has 14 heavy (non-hydrogen) atoms. The van der Waals surface area contributed by atoms with Crippen LogP contribution in [0.4, 0.5) is 0 Å². The fourth-order valence-corrected chi connectivity index (χ4v) is 2.67. The van der Waals surface area contributed by atoms with Crippen molar-refractivity contribution in [1.82, 2.24) is 9.55 Å². The van der Waals surface area contributed by atoms with Crippen LogP contribution in [0.3, 0.4) is 0 Å². The summed E-state index contributed by atoms with van der Waals surface area (Å²) in [5.74, 6) is 0.698. The lowest BCUT2D eigenvalue weighted by Crippen LogP contribution is -2.10. The van der Waals surface area contributed by atoms with Crippen LogP contribution >= 0.6 is 11.6 Å². The number of nitrogens with zero attached hydrogens (tertiary/aromatic N) is 2. The summed E-state index contributed by atoms with van der Waals surface area (Å²) in [6.07, 6.45) is 8.69. The third kappa shape index (κ3) is 1.81. The standard InChI is InChI=1S/C11H17ClN2/c1-2-14-10(8-13-11(14)12)9-6-4-3-5-7-9/h8-9H,2-7H2,1H3. The molecule has 0 amide bonds. The molecule has 1 saturated carbocycles. The molecule has 1 heterocycles. The maximum Gasteiger partial charge on any atom is 0.202 e. The van der Waals surface area contributed by atoms with Crippen molar-refractivity contribution >= 4 is 11.6 Å². The lowest BCUT2D eigenvalue weighted by molar-refractivity contribution is 0.425. The Morgan fingerprint density at radius 3 is 2.79 bits per heavy atom. The van der Waals surface area contributed by atoms with Gasteiger partial charge in [-0.15, -0.1) is 0 Å². The average molecular weight is 213 g/mol. The van der Waals surface area contributed by atoms with E-state index in [1.54, 1.807) is 0 Å². The maximum absolute atomic E-state index is 6.02. The van der Waals surface area contributed by atoms with Gasteiger partial charge in [-0.1, -0.05) is 19.3 Å². The smallest absolute Gasteiger partial charge is 0.202 e. The van der Waals surface area contributed by atoms with E-state index in [0.717, 1.165) is 6.54 Å². The molecule has 3 heteroatoms. The summed E-state index contributed by atoms with van der Waals surface area (Å²) in [5.41, 5.74) is 1.34. The van der Waals surface area contributed by atoms with E-state index in [0.29, 0.717) is 11.2 Å². The predicted molar refractivity (Wildman–Crippen MR) is 58.7 cm³/mol. The van der Waals surface area contributed by atoms with Gasteiger partial charge in [-0.25, -0.2) is 4.98 Å². The second kappa shape index (κ2) is 4.35. The number of hydrogen-bond acceptors (Lipinski definition) is 1. The highest BCUT2D eigenvalue weighted by molar-refractivity contribution is 6.28. The number of aromatic nitrogens is 2. The van der Waals surface area contributed by atoms with Crippen LogP contribution in [0.5, 0.6) is 0 Å². The van der Waals surface area contributed by atoms with Gasteiger partial charge < -0.3 is 4.57 Å². The van der Waals surface area contributed by atoms with Crippen molar-refractivity contribution in [3.05, 3.63) is 17.2 Å². The van der Waals surface area contributed by atoms with Crippen LogP contribution < -0.4 is 0 Å². The fraction of sp³-hybridized carbons (Fsp3) is 0.727. The molecule has 1 aliphatic rings. The topological polar surface area (TPSA) is 17.8 Å². The summed E-state index contributed by atoms with van der Waals surface area (Å²) in [7, 11) is 0. The Morgan fingerprint density at radius 2 is 2.14 bits per heavy atom. The molecule has 1 aromatic heterocycles. The number of imidazole rings is 1. The van der Waals surface area contributed by atoms with E-state index in [4.69, 9.17) is 11.6 Å². The quantitative estimate of drug-likeness (QED) is 0.733. The number of halogens is 1. The predicted octanol–water partition coefficient (Wildman–Crippen LogP) is 3.60. The molecule has 0 atom stereocenters. The maximum atomic E-state index is 6.02. The van der Waals surface area contributed by atoms with Crippen molar-refractivity contribution in [2.45, 2.75) is 51.5 Å². The molecule has 1 aromatic rings. The van der Waals surface area contributed by atoms with Crippen molar-refractivity contribution in [1.29, 1.82) is 0 Å². The summed E-state index contributed by atoms with van der Waals surface area (Å²) >= 11 is 6.02. The molecule has 0 N–H and O–H groups in total. The Balaban J connectivity index is 2.21. The monoisotopic (exact) mass is 212 g/mol. The van der Waals surface area contributed by atoms with Crippen LogP contribution in [-0.2, 0) is 6.54 Å². The van der Waals surface area contributed by atoms with E-state index in [9.17, 15) is 0 Å². The van der Waals surface area contributed by atoms with Gasteiger partial charge in [-0.05, 0) is 31.4 Å². The van der Waals surface area contributed by atoms with E-state index >= 15 is 0 Å². The van der Waals surface area contributed by atoms with Crippen LogP contribution in [0.2, 0.25) is 5.28 Å². The Bertz CT molecular complexity index is 300.